The second-order valence-corrected chi connectivity index (χ2v) is 5.38. The predicted octanol–water partition coefficient (Wildman–Crippen LogP) is 1.86. The topological polar surface area (TPSA) is 70.3 Å². The SMILES string of the molecule is Br.Cc1ccc(C(=O)C[n+]2ccc(C(=O)NCCCO)cc2)cc1. The molecule has 0 saturated carbocycles. The molecular weight excluding hydrogens is 372 g/mol. The molecule has 1 aromatic heterocycles. The van der Waals surface area contributed by atoms with E-state index in [2.05, 4.69) is 5.32 Å². The molecule has 2 aromatic rings. The van der Waals surface area contributed by atoms with Crippen molar-refractivity contribution in [1.82, 2.24) is 5.32 Å². The van der Waals surface area contributed by atoms with E-state index in [1.807, 2.05) is 31.2 Å². The van der Waals surface area contributed by atoms with Crippen LogP contribution in [0.2, 0.25) is 0 Å². The molecule has 1 heterocycles. The van der Waals surface area contributed by atoms with Gasteiger partial charge in [0, 0.05) is 30.8 Å². The Morgan fingerprint density at radius 2 is 1.67 bits per heavy atom. The zero-order valence-electron chi connectivity index (χ0n) is 13.6. The fraction of sp³-hybridized carbons (Fsp3) is 0.278. The normalized spacial score (nSPS) is 9.92. The molecule has 5 nitrogen and oxygen atoms in total. The van der Waals surface area contributed by atoms with E-state index < -0.39 is 0 Å². The molecule has 1 aromatic carbocycles. The summed E-state index contributed by atoms with van der Waals surface area (Å²) in [6.45, 7) is 2.70. The van der Waals surface area contributed by atoms with Gasteiger partial charge in [-0.1, -0.05) is 29.8 Å². The summed E-state index contributed by atoms with van der Waals surface area (Å²) in [5.41, 5.74) is 2.32. The third-order valence-corrected chi connectivity index (χ3v) is 3.47. The molecule has 0 aliphatic heterocycles. The van der Waals surface area contributed by atoms with Gasteiger partial charge >= 0.3 is 0 Å². The van der Waals surface area contributed by atoms with Crippen LogP contribution in [0.3, 0.4) is 0 Å². The number of aromatic nitrogens is 1. The first-order chi connectivity index (χ1) is 11.1. The zero-order valence-corrected chi connectivity index (χ0v) is 15.3. The zero-order chi connectivity index (χ0) is 16.7. The van der Waals surface area contributed by atoms with Crippen LogP contribution in [0.5, 0.6) is 0 Å². The predicted molar refractivity (Wildman–Crippen MR) is 96.5 cm³/mol. The van der Waals surface area contributed by atoms with E-state index in [9.17, 15) is 9.59 Å². The number of ketones is 1. The Hall–Kier alpha value is -2.05. The molecule has 24 heavy (non-hydrogen) atoms. The number of aliphatic hydroxyl groups is 1. The van der Waals surface area contributed by atoms with Crippen LogP contribution >= 0.6 is 17.0 Å². The number of hydrogen-bond donors (Lipinski definition) is 2. The number of halogens is 1. The van der Waals surface area contributed by atoms with Crippen molar-refractivity contribution in [3.8, 4) is 0 Å². The van der Waals surface area contributed by atoms with Gasteiger partial charge in [-0.25, -0.2) is 0 Å². The number of rotatable bonds is 7. The molecule has 0 aliphatic rings. The van der Waals surface area contributed by atoms with E-state index in [1.165, 1.54) is 0 Å². The Kier molecular flexibility index (Phi) is 8.29. The molecule has 0 aliphatic carbocycles. The van der Waals surface area contributed by atoms with Gasteiger partial charge in [0.1, 0.15) is 0 Å². The maximum Gasteiger partial charge on any atom is 0.251 e. The monoisotopic (exact) mass is 393 g/mol. The highest BCUT2D eigenvalue weighted by atomic mass is 79.9. The summed E-state index contributed by atoms with van der Waals surface area (Å²) in [6.07, 6.45) is 3.96. The highest BCUT2D eigenvalue weighted by Gasteiger charge is 2.13. The van der Waals surface area contributed by atoms with E-state index in [1.54, 1.807) is 29.1 Å². The summed E-state index contributed by atoms with van der Waals surface area (Å²) >= 11 is 0. The molecule has 0 bridgehead atoms. The van der Waals surface area contributed by atoms with Gasteiger partial charge in [0.2, 0.25) is 12.3 Å². The van der Waals surface area contributed by atoms with E-state index >= 15 is 0 Å². The number of aryl methyl sites for hydroxylation is 1. The van der Waals surface area contributed by atoms with Crippen LogP contribution < -0.4 is 9.88 Å². The number of hydrogen-bond acceptors (Lipinski definition) is 3. The number of amides is 1. The van der Waals surface area contributed by atoms with Gasteiger partial charge in [0.15, 0.2) is 12.4 Å². The largest absolute Gasteiger partial charge is 0.396 e. The maximum atomic E-state index is 12.2. The Labute approximate surface area is 152 Å². The third kappa shape index (κ3) is 5.86. The molecular formula is C18H22BrN2O3+. The van der Waals surface area contributed by atoms with Gasteiger partial charge in [-0.2, -0.15) is 4.57 Å². The van der Waals surface area contributed by atoms with Gasteiger partial charge in [-0.15, -0.1) is 17.0 Å². The lowest BCUT2D eigenvalue weighted by Gasteiger charge is -2.03. The van der Waals surface area contributed by atoms with Crippen LogP contribution in [-0.2, 0) is 6.54 Å². The molecule has 0 unspecified atom stereocenters. The van der Waals surface area contributed by atoms with Crippen LogP contribution in [0, 0.1) is 6.92 Å². The highest BCUT2D eigenvalue weighted by molar-refractivity contribution is 8.93. The quantitative estimate of drug-likeness (QED) is 0.428. The molecule has 2 N–H and O–H groups in total. The van der Waals surface area contributed by atoms with Gasteiger partial charge in [-0.05, 0) is 13.3 Å². The van der Waals surface area contributed by atoms with Crippen molar-refractivity contribution in [1.29, 1.82) is 0 Å². The molecule has 2 rings (SSSR count). The number of aliphatic hydroxyl groups excluding tert-OH is 1. The number of Topliss-reactive ketones (excluding diaryl/α,β-unsaturated/α-hetero) is 1. The Bertz CT molecular complexity index is 670. The minimum atomic E-state index is -0.185. The molecule has 128 valence electrons. The van der Waals surface area contributed by atoms with Crippen LogP contribution in [0.25, 0.3) is 0 Å². The number of pyridine rings is 1. The standard InChI is InChI=1S/C18H20N2O3.BrH/c1-14-3-5-15(6-4-14)17(22)13-20-10-7-16(8-11-20)18(23)19-9-2-12-21;/h3-8,10-11,21H,2,9,12-13H2,1H3;1H/p+1. The second kappa shape index (κ2) is 9.95. The lowest BCUT2D eigenvalue weighted by Crippen LogP contribution is -2.37. The summed E-state index contributed by atoms with van der Waals surface area (Å²) < 4.78 is 1.74. The van der Waals surface area contributed by atoms with Gasteiger partial charge in [-0.3, -0.25) is 9.59 Å². The molecule has 0 atom stereocenters. The van der Waals surface area contributed by atoms with Crippen molar-refractivity contribution >= 4 is 28.7 Å². The summed E-state index contributed by atoms with van der Waals surface area (Å²) in [5.74, 6) is -0.161. The Balaban J connectivity index is 0.00000288. The molecule has 0 fully saturated rings. The third-order valence-electron chi connectivity index (χ3n) is 3.47. The van der Waals surface area contributed by atoms with Crippen LogP contribution in [0.1, 0.15) is 32.7 Å². The van der Waals surface area contributed by atoms with E-state index in [0.717, 1.165) is 5.56 Å². The molecule has 0 saturated heterocycles. The van der Waals surface area contributed by atoms with E-state index in [0.29, 0.717) is 24.1 Å². The summed E-state index contributed by atoms with van der Waals surface area (Å²) in [5, 5.41) is 11.4. The minimum absolute atomic E-state index is 0. The average Bonchev–Trinajstić information content (AvgIpc) is 2.56. The molecule has 6 heteroatoms. The van der Waals surface area contributed by atoms with Crippen molar-refractivity contribution in [3.05, 3.63) is 65.5 Å². The number of carbonyl (C=O) groups excluding carboxylic acids is 2. The van der Waals surface area contributed by atoms with Crippen molar-refractivity contribution in [2.24, 2.45) is 0 Å². The number of nitrogens with one attached hydrogen (secondary N) is 1. The fourth-order valence-electron chi connectivity index (χ4n) is 2.09. The average molecular weight is 394 g/mol. The Morgan fingerprint density at radius 1 is 1.04 bits per heavy atom. The van der Waals surface area contributed by atoms with Crippen molar-refractivity contribution < 1.29 is 19.3 Å². The van der Waals surface area contributed by atoms with Crippen molar-refractivity contribution in [2.75, 3.05) is 13.2 Å². The van der Waals surface area contributed by atoms with Crippen molar-refractivity contribution in [3.63, 3.8) is 0 Å². The van der Waals surface area contributed by atoms with Crippen molar-refractivity contribution in [2.45, 2.75) is 19.9 Å². The van der Waals surface area contributed by atoms with Crippen LogP contribution in [-0.4, -0.2) is 29.9 Å². The lowest BCUT2D eigenvalue weighted by molar-refractivity contribution is -0.683. The molecule has 0 radical (unpaired) electrons. The van der Waals surface area contributed by atoms with Gasteiger partial charge in [0.25, 0.3) is 5.91 Å². The summed E-state index contributed by atoms with van der Waals surface area (Å²) in [6, 6.07) is 10.8. The summed E-state index contributed by atoms with van der Waals surface area (Å²) in [7, 11) is 0. The number of nitrogens with zero attached hydrogens (tertiary/aromatic N) is 1. The highest BCUT2D eigenvalue weighted by Crippen LogP contribution is 2.04. The smallest absolute Gasteiger partial charge is 0.251 e. The van der Waals surface area contributed by atoms with Gasteiger partial charge in [0.05, 0.1) is 5.56 Å². The van der Waals surface area contributed by atoms with Crippen LogP contribution in [0.4, 0.5) is 0 Å². The number of benzene rings is 1. The Morgan fingerprint density at radius 3 is 2.25 bits per heavy atom. The van der Waals surface area contributed by atoms with E-state index in [4.69, 9.17) is 5.11 Å². The first kappa shape index (κ1) is 20.0. The summed E-state index contributed by atoms with van der Waals surface area (Å²) in [4.78, 5) is 24.0. The molecule has 1 amide bonds. The second-order valence-electron chi connectivity index (χ2n) is 5.38. The number of carbonyl (C=O) groups is 2. The minimum Gasteiger partial charge on any atom is -0.396 e. The maximum absolute atomic E-state index is 12.2. The fourth-order valence-corrected chi connectivity index (χ4v) is 2.09. The lowest BCUT2D eigenvalue weighted by atomic mass is 10.1. The molecule has 0 spiro atoms. The van der Waals surface area contributed by atoms with E-state index in [-0.39, 0.29) is 41.8 Å². The first-order valence-corrected chi connectivity index (χ1v) is 7.58. The first-order valence-electron chi connectivity index (χ1n) is 7.58. The van der Waals surface area contributed by atoms with Crippen LogP contribution in [0.15, 0.2) is 48.8 Å². The van der Waals surface area contributed by atoms with Gasteiger partial charge < -0.3 is 10.4 Å².